The van der Waals surface area contributed by atoms with E-state index in [9.17, 15) is 10.2 Å². The fourth-order valence-electron chi connectivity index (χ4n) is 1.99. The topological polar surface area (TPSA) is 49.7 Å². The Bertz CT molecular complexity index is 726. The number of hydrogen-bond donors (Lipinski definition) is 2. The van der Waals surface area contributed by atoms with Gasteiger partial charge in [0.25, 0.3) is 0 Å². The van der Waals surface area contributed by atoms with E-state index >= 15 is 0 Å². The van der Waals surface area contributed by atoms with E-state index in [0.29, 0.717) is 5.75 Å². The number of benzene rings is 2. The van der Waals surface area contributed by atoms with Crippen molar-refractivity contribution in [3.63, 3.8) is 0 Å². The molecule has 0 aromatic heterocycles. The molecule has 4 heteroatoms. The van der Waals surface area contributed by atoms with Crippen LogP contribution in [0.15, 0.2) is 42.5 Å². The minimum atomic E-state index is -1.95. The summed E-state index contributed by atoms with van der Waals surface area (Å²) in [4.78, 5) is 0. The van der Waals surface area contributed by atoms with Gasteiger partial charge in [-0.25, -0.2) is 0 Å². The molecule has 0 unspecified atom stereocenters. The molecule has 0 atom stereocenters. The smallest absolute Gasteiger partial charge is 0.250 e. The molecule has 0 bridgehead atoms. The minimum absolute atomic E-state index is 0.0977. The second kappa shape index (κ2) is 6.73. The van der Waals surface area contributed by atoms with Crippen molar-refractivity contribution in [1.82, 2.24) is 0 Å². The zero-order valence-corrected chi connectivity index (χ0v) is 16.0. The number of phenols is 2. The van der Waals surface area contributed by atoms with E-state index in [0.717, 1.165) is 11.1 Å². The molecule has 0 heterocycles. The highest BCUT2D eigenvalue weighted by Gasteiger charge is 2.39. The number of phenolic OH excluding ortho intramolecular Hbond substituents is 2. The van der Waals surface area contributed by atoms with Gasteiger partial charge in [0, 0.05) is 6.07 Å². The van der Waals surface area contributed by atoms with E-state index in [1.54, 1.807) is 24.3 Å². The summed E-state index contributed by atoms with van der Waals surface area (Å²) < 4.78 is 6.27. The van der Waals surface area contributed by atoms with Crippen molar-refractivity contribution in [3.8, 4) is 17.2 Å². The van der Waals surface area contributed by atoms with E-state index in [4.69, 9.17) is 4.43 Å². The van der Waals surface area contributed by atoms with Crippen molar-refractivity contribution in [2.24, 2.45) is 0 Å². The van der Waals surface area contributed by atoms with E-state index in [-0.39, 0.29) is 16.5 Å². The fourth-order valence-corrected chi connectivity index (χ4v) is 3.00. The molecule has 128 valence electrons. The average Bonchev–Trinajstić information content (AvgIpc) is 2.44. The number of hydrogen-bond acceptors (Lipinski definition) is 3. The Morgan fingerprint density at radius 3 is 2.00 bits per heavy atom. The van der Waals surface area contributed by atoms with E-state index in [1.165, 1.54) is 0 Å². The summed E-state index contributed by atoms with van der Waals surface area (Å²) in [5.74, 6) is 1.14. The van der Waals surface area contributed by atoms with Crippen molar-refractivity contribution in [2.75, 3.05) is 0 Å². The first kappa shape index (κ1) is 18.1. The predicted molar refractivity (Wildman–Crippen MR) is 103 cm³/mol. The van der Waals surface area contributed by atoms with Gasteiger partial charge in [0.15, 0.2) is 0 Å². The lowest BCUT2D eigenvalue weighted by Gasteiger charge is -2.36. The Morgan fingerprint density at radius 2 is 1.42 bits per heavy atom. The van der Waals surface area contributed by atoms with Crippen LogP contribution in [0.25, 0.3) is 12.2 Å². The lowest BCUT2D eigenvalue weighted by atomic mass is 10.1. The van der Waals surface area contributed by atoms with Gasteiger partial charge in [-0.3, -0.25) is 0 Å². The zero-order valence-electron chi connectivity index (χ0n) is 15.0. The number of rotatable bonds is 4. The van der Waals surface area contributed by atoms with Crippen LogP contribution in [0.1, 0.15) is 31.9 Å². The lowest BCUT2D eigenvalue weighted by molar-refractivity contribution is 0.461. The van der Waals surface area contributed by atoms with Gasteiger partial charge in [-0.1, -0.05) is 45.1 Å². The van der Waals surface area contributed by atoms with Crippen molar-refractivity contribution in [2.45, 2.75) is 38.9 Å². The Balaban J connectivity index is 2.24. The van der Waals surface area contributed by atoms with Crippen molar-refractivity contribution in [1.29, 1.82) is 0 Å². The maximum Gasteiger partial charge on any atom is 0.250 e. The molecule has 0 aliphatic rings. The van der Waals surface area contributed by atoms with E-state index in [2.05, 4.69) is 33.9 Å². The highest BCUT2D eigenvalue weighted by molar-refractivity contribution is 6.74. The summed E-state index contributed by atoms with van der Waals surface area (Å²) in [6, 6.07) is 12.3. The normalized spacial score (nSPS) is 12.5. The molecule has 0 fully saturated rings. The van der Waals surface area contributed by atoms with Crippen molar-refractivity contribution < 1.29 is 14.6 Å². The molecule has 0 aliphatic carbocycles. The van der Waals surface area contributed by atoms with Crippen LogP contribution >= 0.6 is 0 Å². The summed E-state index contributed by atoms with van der Waals surface area (Å²) >= 11 is 0. The van der Waals surface area contributed by atoms with E-state index in [1.807, 2.05) is 30.4 Å². The van der Waals surface area contributed by atoms with Gasteiger partial charge < -0.3 is 14.6 Å². The minimum Gasteiger partial charge on any atom is -0.543 e. The Labute approximate surface area is 145 Å². The molecule has 0 spiro atoms. The summed E-state index contributed by atoms with van der Waals surface area (Å²) in [5, 5.41) is 19.4. The predicted octanol–water partition coefficient (Wildman–Crippen LogP) is 5.65. The van der Waals surface area contributed by atoms with Crippen LogP contribution in [-0.4, -0.2) is 18.5 Å². The molecule has 24 heavy (non-hydrogen) atoms. The van der Waals surface area contributed by atoms with Gasteiger partial charge >= 0.3 is 0 Å². The molecule has 2 rings (SSSR count). The molecule has 2 aromatic rings. The second-order valence-electron chi connectivity index (χ2n) is 7.55. The maximum atomic E-state index is 10.00. The first-order valence-electron chi connectivity index (χ1n) is 8.07. The summed E-state index contributed by atoms with van der Waals surface area (Å²) in [7, 11) is -1.95. The molecule has 2 N–H and O–H groups in total. The monoisotopic (exact) mass is 342 g/mol. The molecule has 0 saturated heterocycles. The van der Waals surface area contributed by atoms with Crippen molar-refractivity contribution in [3.05, 3.63) is 53.6 Å². The van der Waals surface area contributed by atoms with Gasteiger partial charge in [0.1, 0.15) is 17.2 Å². The van der Waals surface area contributed by atoms with E-state index < -0.39 is 8.32 Å². The summed E-state index contributed by atoms with van der Waals surface area (Å²) in [5.41, 5.74) is 1.85. The fraction of sp³-hybridized carbons (Fsp3) is 0.300. The van der Waals surface area contributed by atoms with Crippen molar-refractivity contribution >= 4 is 20.5 Å². The Morgan fingerprint density at radius 1 is 0.833 bits per heavy atom. The van der Waals surface area contributed by atoms with Crippen LogP contribution in [0.4, 0.5) is 0 Å². The van der Waals surface area contributed by atoms with Gasteiger partial charge in [0.05, 0.1) is 0 Å². The molecular weight excluding hydrogens is 316 g/mol. The zero-order chi connectivity index (χ0) is 18.0. The molecule has 0 saturated carbocycles. The van der Waals surface area contributed by atoms with Gasteiger partial charge in [0.2, 0.25) is 8.32 Å². The molecule has 0 aliphatic heterocycles. The standard InChI is InChI=1S/C20H26O3Si/c1-20(2,3)24(4,5)23-19-13-16(12-18(22)14-19)7-6-15-8-10-17(21)11-9-15/h6-14,21-22H,1-5H3/b7-6+. The second-order valence-corrected chi connectivity index (χ2v) is 12.3. The SMILES string of the molecule is CC(C)(C)[Si](C)(C)Oc1cc(O)cc(/C=C/c2ccc(O)cc2)c1. The van der Waals surface area contributed by atoms with Gasteiger partial charge in [-0.05, 0) is 53.5 Å². The Hall–Kier alpha value is -2.20. The summed E-state index contributed by atoms with van der Waals surface area (Å²) in [6.45, 7) is 10.9. The Kier molecular flexibility index (Phi) is 5.09. The van der Waals surface area contributed by atoms with Crippen LogP contribution < -0.4 is 4.43 Å². The van der Waals surface area contributed by atoms with Crippen LogP contribution in [0.5, 0.6) is 17.2 Å². The average molecular weight is 343 g/mol. The third-order valence-electron chi connectivity index (χ3n) is 4.45. The highest BCUT2D eigenvalue weighted by atomic mass is 28.4. The molecule has 0 amide bonds. The third kappa shape index (κ3) is 4.65. The van der Waals surface area contributed by atoms with Gasteiger partial charge in [-0.15, -0.1) is 0 Å². The first-order valence-corrected chi connectivity index (χ1v) is 11.0. The molecule has 2 aromatic carbocycles. The third-order valence-corrected chi connectivity index (χ3v) is 8.81. The molecular formula is C20H26O3Si. The maximum absolute atomic E-state index is 10.00. The van der Waals surface area contributed by atoms with Crippen LogP contribution in [0.3, 0.4) is 0 Å². The molecule has 0 radical (unpaired) electrons. The van der Waals surface area contributed by atoms with Crippen LogP contribution in [0.2, 0.25) is 18.1 Å². The summed E-state index contributed by atoms with van der Waals surface area (Å²) in [6.07, 6.45) is 3.86. The number of aromatic hydroxyl groups is 2. The highest BCUT2D eigenvalue weighted by Crippen LogP contribution is 2.38. The largest absolute Gasteiger partial charge is 0.543 e. The van der Waals surface area contributed by atoms with Gasteiger partial charge in [-0.2, -0.15) is 0 Å². The van der Waals surface area contributed by atoms with Crippen LogP contribution in [0, 0.1) is 0 Å². The quantitative estimate of drug-likeness (QED) is 0.557. The lowest BCUT2D eigenvalue weighted by Crippen LogP contribution is -2.43. The van der Waals surface area contributed by atoms with Crippen LogP contribution in [-0.2, 0) is 0 Å². The molecule has 3 nitrogen and oxygen atoms in total. The first-order chi connectivity index (χ1) is 11.1.